The zero-order valence-corrected chi connectivity index (χ0v) is 16.7. The fourth-order valence-electron chi connectivity index (χ4n) is 3.25. The van der Waals surface area contributed by atoms with Crippen molar-refractivity contribution in [1.29, 1.82) is 0 Å². The maximum Gasteiger partial charge on any atom is 0.257 e. The lowest BCUT2D eigenvalue weighted by Gasteiger charge is -2.21. The van der Waals surface area contributed by atoms with E-state index in [1.54, 1.807) is 10.5 Å². The lowest BCUT2D eigenvalue weighted by atomic mass is 10.1. The summed E-state index contributed by atoms with van der Waals surface area (Å²) < 4.78 is 16.0. The molecule has 2 heterocycles. The molecule has 4 aromatic rings. The van der Waals surface area contributed by atoms with Crippen molar-refractivity contribution >= 4 is 39.8 Å². The van der Waals surface area contributed by atoms with Gasteiger partial charge in [-0.3, -0.25) is 4.40 Å². The molecule has 1 saturated carbocycles. The van der Waals surface area contributed by atoms with E-state index < -0.39 is 5.82 Å². The van der Waals surface area contributed by atoms with E-state index in [1.165, 1.54) is 12.4 Å². The van der Waals surface area contributed by atoms with E-state index in [0.29, 0.717) is 22.5 Å². The molecule has 144 valence electrons. The van der Waals surface area contributed by atoms with Crippen molar-refractivity contribution in [2.75, 3.05) is 11.9 Å². The Balaban J connectivity index is 1.64. The van der Waals surface area contributed by atoms with Crippen molar-refractivity contribution < 1.29 is 4.39 Å². The van der Waals surface area contributed by atoms with E-state index in [-0.39, 0.29) is 10.4 Å². The van der Waals surface area contributed by atoms with E-state index >= 15 is 0 Å². The van der Waals surface area contributed by atoms with Crippen LogP contribution in [0, 0.1) is 23.1 Å². The summed E-state index contributed by atoms with van der Waals surface area (Å²) in [4.78, 5) is 6.50. The summed E-state index contributed by atoms with van der Waals surface area (Å²) >= 11 is 6.02. The summed E-state index contributed by atoms with van der Waals surface area (Å²) in [6.07, 6.45) is 3.85. The summed E-state index contributed by atoms with van der Waals surface area (Å²) in [5, 5.41) is 8.63. The van der Waals surface area contributed by atoms with Crippen LogP contribution in [0.1, 0.15) is 25.3 Å². The van der Waals surface area contributed by atoms with E-state index in [9.17, 15) is 4.39 Å². The Morgan fingerprint density at radius 2 is 2.07 bits per heavy atom. The molecule has 0 bridgehead atoms. The monoisotopic (exact) mass is 405 g/mol. The smallest absolute Gasteiger partial charge is 0.257 e. The van der Waals surface area contributed by atoms with Gasteiger partial charge in [-0.15, -0.1) is 10.2 Å². The van der Waals surface area contributed by atoms with Crippen molar-refractivity contribution in [2.24, 2.45) is 5.41 Å². The minimum atomic E-state index is -0.500. The van der Waals surface area contributed by atoms with Crippen LogP contribution in [0.25, 0.3) is 16.7 Å². The molecular formula is C22H17ClFN5. The number of halogens is 2. The minimum Gasteiger partial charge on any atom is -0.329 e. The number of hydrogen-bond donors (Lipinski definition) is 0. The first-order chi connectivity index (χ1) is 13.9. The Bertz CT molecular complexity index is 1330. The van der Waals surface area contributed by atoms with E-state index in [0.717, 1.165) is 24.1 Å². The molecule has 0 amide bonds. The first kappa shape index (κ1) is 17.9. The van der Waals surface area contributed by atoms with Gasteiger partial charge in [-0.25, -0.2) is 4.39 Å². The Morgan fingerprint density at radius 1 is 1.24 bits per heavy atom. The quantitative estimate of drug-likeness (QED) is 0.441. The van der Waals surface area contributed by atoms with Crippen LogP contribution < -0.4 is 4.90 Å². The van der Waals surface area contributed by atoms with E-state index in [2.05, 4.69) is 33.9 Å². The highest BCUT2D eigenvalue weighted by molar-refractivity contribution is 6.31. The van der Waals surface area contributed by atoms with Crippen LogP contribution in [0.2, 0.25) is 5.02 Å². The molecule has 0 aliphatic heterocycles. The molecule has 5 rings (SSSR count). The number of rotatable bonds is 2. The number of benzene rings is 2. The van der Waals surface area contributed by atoms with Crippen LogP contribution >= 0.6 is 11.6 Å². The number of anilines is 2. The van der Waals surface area contributed by atoms with Crippen molar-refractivity contribution in [1.82, 2.24) is 19.6 Å². The fraction of sp³-hybridized carbons (Fsp3) is 0.227. The first-order valence-corrected chi connectivity index (χ1v) is 9.67. The lowest BCUT2D eigenvalue weighted by Crippen LogP contribution is -2.13. The molecule has 0 unspecified atom stereocenters. The molecule has 1 aliphatic rings. The molecule has 0 radical (unpaired) electrons. The summed E-state index contributed by atoms with van der Waals surface area (Å²) in [5.74, 6) is 7.10. The number of hydrogen-bond acceptors (Lipinski definition) is 4. The molecule has 0 atom stereocenters. The third kappa shape index (κ3) is 3.18. The Morgan fingerprint density at radius 3 is 2.86 bits per heavy atom. The molecule has 1 fully saturated rings. The molecule has 2 aromatic heterocycles. The van der Waals surface area contributed by atoms with Gasteiger partial charge < -0.3 is 4.90 Å². The average molecular weight is 406 g/mol. The molecule has 5 nitrogen and oxygen atoms in total. The maximum absolute atomic E-state index is 14.3. The largest absolute Gasteiger partial charge is 0.329 e. The summed E-state index contributed by atoms with van der Waals surface area (Å²) in [7, 11) is 1.88. The van der Waals surface area contributed by atoms with Crippen molar-refractivity contribution in [2.45, 2.75) is 19.8 Å². The lowest BCUT2D eigenvalue weighted by molar-refractivity contribution is 0.630. The Hall–Kier alpha value is -3.17. The van der Waals surface area contributed by atoms with Gasteiger partial charge in [-0.05, 0) is 50.1 Å². The summed E-state index contributed by atoms with van der Waals surface area (Å²) in [6.45, 7) is 2.18. The standard InChI is InChI=1S/C22H17ClFN5/c1-22(8-9-22)7-6-14-4-3-5-15(10-14)28(2)20-16-11-18(24)17(23)12-19(16)29-13-25-27-21(29)26-20/h3-5,10-13H,8-9H2,1-2H3. The van der Waals surface area contributed by atoms with Crippen LogP contribution in [0.4, 0.5) is 15.9 Å². The number of fused-ring (bicyclic) bond motifs is 3. The molecule has 7 heteroatoms. The van der Waals surface area contributed by atoms with Crippen LogP contribution in [0.3, 0.4) is 0 Å². The zero-order chi connectivity index (χ0) is 20.2. The number of aromatic nitrogens is 4. The second-order valence-electron chi connectivity index (χ2n) is 7.64. The van der Waals surface area contributed by atoms with Gasteiger partial charge >= 0.3 is 0 Å². The van der Waals surface area contributed by atoms with Gasteiger partial charge in [0.05, 0.1) is 10.5 Å². The molecular weight excluding hydrogens is 389 g/mol. The molecule has 1 aliphatic carbocycles. The average Bonchev–Trinajstić information content (AvgIpc) is 3.26. The van der Waals surface area contributed by atoms with Crippen LogP contribution in [0.15, 0.2) is 42.7 Å². The molecule has 29 heavy (non-hydrogen) atoms. The Kier molecular flexibility index (Phi) is 3.97. The zero-order valence-electron chi connectivity index (χ0n) is 15.9. The number of nitrogens with zero attached hydrogens (tertiary/aromatic N) is 5. The molecule has 2 aromatic carbocycles. The fourth-order valence-corrected chi connectivity index (χ4v) is 3.41. The topological polar surface area (TPSA) is 46.3 Å². The van der Waals surface area contributed by atoms with Crippen molar-refractivity contribution in [3.05, 3.63) is 59.1 Å². The van der Waals surface area contributed by atoms with Gasteiger partial charge in [-0.1, -0.05) is 29.5 Å². The highest BCUT2D eigenvalue weighted by atomic mass is 35.5. The maximum atomic E-state index is 14.3. The third-order valence-corrected chi connectivity index (χ3v) is 5.62. The van der Waals surface area contributed by atoms with Crippen molar-refractivity contribution in [3.63, 3.8) is 0 Å². The molecule has 0 saturated heterocycles. The highest BCUT2D eigenvalue weighted by Gasteiger charge is 2.35. The second kappa shape index (κ2) is 6.43. The summed E-state index contributed by atoms with van der Waals surface area (Å²) in [5.41, 5.74) is 2.68. The van der Waals surface area contributed by atoms with Crippen LogP contribution in [-0.2, 0) is 0 Å². The van der Waals surface area contributed by atoms with Gasteiger partial charge in [0, 0.05) is 29.1 Å². The van der Waals surface area contributed by atoms with Gasteiger partial charge in [-0.2, -0.15) is 4.98 Å². The first-order valence-electron chi connectivity index (χ1n) is 9.29. The van der Waals surface area contributed by atoms with Gasteiger partial charge in [0.2, 0.25) is 0 Å². The van der Waals surface area contributed by atoms with Crippen LogP contribution in [0.5, 0.6) is 0 Å². The normalized spacial score (nSPS) is 14.6. The predicted molar refractivity (Wildman–Crippen MR) is 112 cm³/mol. The van der Waals surface area contributed by atoms with Crippen molar-refractivity contribution in [3.8, 4) is 11.8 Å². The van der Waals surface area contributed by atoms with E-state index in [4.69, 9.17) is 11.6 Å². The second-order valence-corrected chi connectivity index (χ2v) is 8.05. The molecule has 0 N–H and O–H groups in total. The van der Waals surface area contributed by atoms with Gasteiger partial charge in [0.1, 0.15) is 18.0 Å². The predicted octanol–water partition coefficient (Wildman–Crippen LogP) is 4.99. The minimum absolute atomic E-state index is 0.0399. The van der Waals surface area contributed by atoms with Gasteiger partial charge in [0.15, 0.2) is 0 Å². The Labute approximate surface area is 172 Å². The SMILES string of the molecule is CN(c1cccc(C#CC2(C)CC2)c1)c1nc2nncn2c2cc(Cl)c(F)cc12. The third-order valence-electron chi connectivity index (χ3n) is 5.33. The van der Waals surface area contributed by atoms with Crippen LogP contribution in [-0.4, -0.2) is 26.6 Å². The summed E-state index contributed by atoms with van der Waals surface area (Å²) in [6, 6.07) is 10.9. The highest BCUT2D eigenvalue weighted by Crippen LogP contribution is 2.44. The van der Waals surface area contributed by atoms with E-state index in [1.807, 2.05) is 36.2 Å². The molecule has 0 spiro atoms. The van der Waals surface area contributed by atoms with Gasteiger partial charge in [0.25, 0.3) is 5.78 Å².